The van der Waals surface area contributed by atoms with Crippen LogP contribution in [0.4, 0.5) is 17.6 Å². The predicted octanol–water partition coefficient (Wildman–Crippen LogP) is 1.73. The van der Waals surface area contributed by atoms with E-state index >= 15 is 0 Å². The molecule has 7 heterocycles. The van der Waals surface area contributed by atoms with Crippen LogP contribution in [0.15, 0.2) is 0 Å². The standard InChI is InChI=1S/C11H11N5.C11H17N3.C10H12F3N3.C10H13N5.C10H16N4.C9H12FN3.C9H13N3/c1-2-10(6-12)15-4-3-5-16(9-15)11(7-13)8-14;1-2-3-7-13-9-5-10-14(11-13)8-4-6-12;1-2-4-15-6-9(10(11,12)13)7-16(8-15)5-3-14;1-2-5-13-8-14(6-3-11)10-15(9-13)7-4-12;11-3-1-5-13-7-9-14(10-8-13)6-2-4-12;1-2-4-12-6-9(10)7-13(8-12)5-3-11;1-2-5-11-6-3-7-12(9-11)8-4-10/h1,10-11H,3-5,9H2;1H,3-5,7-11H2;1,9H,4-8H2;1H,5-10H2;1-2,5-10H2;1,9H,4-8H2;1H,3,5-9H2. The molecule has 100 heavy (non-hydrogen) atoms. The number of piperazine rings is 1. The molecule has 0 radical (unpaired) electrons. The second-order valence-electron chi connectivity index (χ2n) is 23.9. The number of hydrogen-bond donors (Lipinski definition) is 0. The van der Waals surface area contributed by atoms with Gasteiger partial charge in [0.25, 0.3) is 0 Å². The van der Waals surface area contributed by atoms with Crippen LogP contribution in [-0.4, -0.2) is 328 Å². The molecule has 0 aromatic carbocycles. The third kappa shape index (κ3) is 39.5. The van der Waals surface area contributed by atoms with Crippen molar-refractivity contribution in [3.05, 3.63) is 0 Å². The second kappa shape index (κ2) is 55.7. The number of halogens is 4. The van der Waals surface area contributed by atoms with E-state index in [0.717, 1.165) is 118 Å². The highest BCUT2D eigenvalue weighted by Gasteiger charge is 2.44. The molecular formula is C70H94F4N26. The molecule has 7 aliphatic heterocycles. The zero-order chi connectivity index (χ0) is 74.2. The van der Waals surface area contributed by atoms with Gasteiger partial charge in [-0.05, 0) is 19.3 Å². The van der Waals surface area contributed by atoms with E-state index in [1.54, 1.807) is 14.7 Å². The molecule has 7 rings (SSSR count). The van der Waals surface area contributed by atoms with Crippen molar-refractivity contribution < 1.29 is 17.6 Å². The molecule has 7 fully saturated rings. The van der Waals surface area contributed by atoms with Crippen LogP contribution in [0.5, 0.6) is 0 Å². The van der Waals surface area contributed by atoms with E-state index < -0.39 is 30.3 Å². The van der Waals surface area contributed by atoms with Gasteiger partial charge in [-0.1, -0.05) is 29.6 Å². The van der Waals surface area contributed by atoms with E-state index in [1.165, 1.54) is 16.2 Å². The first kappa shape index (κ1) is 88.9. The van der Waals surface area contributed by atoms with Crippen molar-refractivity contribution in [3.8, 4) is 141 Å². The van der Waals surface area contributed by atoms with Crippen LogP contribution >= 0.6 is 0 Å². The van der Waals surface area contributed by atoms with Crippen LogP contribution in [0.3, 0.4) is 0 Å². The van der Waals surface area contributed by atoms with Crippen LogP contribution in [0.1, 0.15) is 44.9 Å². The monoisotopic (exact) mass is 1370 g/mol. The summed E-state index contributed by atoms with van der Waals surface area (Å²) in [4.78, 5) is 29.6. The zero-order valence-electron chi connectivity index (χ0n) is 57.6. The number of hydrogen-bond acceptors (Lipinski definition) is 26. The van der Waals surface area contributed by atoms with Crippen molar-refractivity contribution in [2.45, 2.75) is 69.4 Å². The van der Waals surface area contributed by atoms with Crippen LogP contribution < -0.4 is 0 Å². The van der Waals surface area contributed by atoms with Crippen molar-refractivity contribution in [1.29, 1.82) is 57.9 Å². The minimum absolute atomic E-state index is 0.00630. The minimum atomic E-state index is -4.24. The van der Waals surface area contributed by atoms with E-state index in [0.29, 0.717) is 118 Å². The summed E-state index contributed by atoms with van der Waals surface area (Å²) in [7, 11) is 0. The lowest BCUT2D eigenvalue weighted by Gasteiger charge is -2.39. The summed E-state index contributed by atoms with van der Waals surface area (Å²) in [6, 6.07) is 21.2. The number of nitrogens with zero attached hydrogens (tertiary/aromatic N) is 26. The van der Waals surface area contributed by atoms with Crippen LogP contribution in [0.2, 0.25) is 0 Å². The molecule has 30 heteroatoms. The van der Waals surface area contributed by atoms with Crippen molar-refractivity contribution >= 4 is 0 Å². The Kier molecular flexibility index (Phi) is 49.5. The highest BCUT2D eigenvalue weighted by atomic mass is 19.4. The van der Waals surface area contributed by atoms with Gasteiger partial charge in [0.15, 0.2) is 12.1 Å². The summed E-state index contributed by atoms with van der Waals surface area (Å²) >= 11 is 0. The Bertz CT molecular complexity index is 2870. The lowest BCUT2D eigenvalue weighted by Crippen LogP contribution is -2.54. The van der Waals surface area contributed by atoms with E-state index in [1.807, 2.05) is 49.9 Å². The average molecular weight is 1380 g/mol. The Balaban J connectivity index is 0.000000584. The Morgan fingerprint density at radius 1 is 0.310 bits per heavy atom. The fourth-order valence-electron chi connectivity index (χ4n) is 11.3. The van der Waals surface area contributed by atoms with Crippen LogP contribution in [0.25, 0.3) is 0 Å². The van der Waals surface area contributed by atoms with Crippen LogP contribution in [-0.2, 0) is 0 Å². The quantitative estimate of drug-likeness (QED) is 0.101. The van der Waals surface area contributed by atoms with Gasteiger partial charge in [-0.3, -0.25) is 73.5 Å². The van der Waals surface area contributed by atoms with E-state index in [4.69, 9.17) is 96.4 Å². The molecule has 7 saturated heterocycles. The first-order valence-corrected chi connectivity index (χ1v) is 32.8. The summed E-state index contributed by atoms with van der Waals surface area (Å²) in [5.74, 6) is 13.6. The average Bonchev–Trinajstić information content (AvgIpc) is 0.842. The maximum Gasteiger partial charge on any atom is 0.394 e. The number of terminal acetylenes is 6. The highest BCUT2D eigenvalue weighted by molar-refractivity contribution is 5.14. The van der Waals surface area contributed by atoms with Crippen molar-refractivity contribution in [1.82, 2.24) is 73.5 Å². The van der Waals surface area contributed by atoms with E-state index in [2.05, 4.69) is 101 Å². The Morgan fingerprint density at radius 2 is 0.610 bits per heavy atom. The van der Waals surface area contributed by atoms with Gasteiger partial charge in [0.2, 0.25) is 0 Å². The molecule has 532 valence electrons. The molecule has 0 spiro atoms. The van der Waals surface area contributed by atoms with Gasteiger partial charge in [-0.15, -0.1) is 44.5 Å². The van der Waals surface area contributed by atoms with Gasteiger partial charge in [0, 0.05) is 143 Å². The molecular weight excluding hydrogens is 1280 g/mol. The molecule has 26 nitrogen and oxygen atoms in total. The van der Waals surface area contributed by atoms with E-state index in [9.17, 15) is 17.6 Å². The van der Waals surface area contributed by atoms with Gasteiger partial charge in [-0.25, -0.2) is 4.39 Å². The fourth-order valence-corrected chi connectivity index (χ4v) is 11.3. The van der Waals surface area contributed by atoms with Gasteiger partial charge >= 0.3 is 6.18 Å². The molecule has 7 aliphatic rings. The van der Waals surface area contributed by atoms with E-state index in [-0.39, 0.29) is 32.7 Å². The molecule has 0 saturated carbocycles. The number of rotatable bonds is 19. The Labute approximate surface area is 592 Å². The molecule has 0 aromatic heterocycles. The minimum Gasteiger partial charge on any atom is -0.300 e. The maximum atomic E-state index is 13.1. The molecule has 3 atom stereocenters. The number of nitriles is 11. The third-order valence-electron chi connectivity index (χ3n) is 15.9. The molecule has 0 bridgehead atoms. The van der Waals surface area contributed by atoms with Gasteiger partial charge in [0.1, 0.15) is 6.17 Å². The topological polar surface area (TPSA) is 310 Å². The Hall–Kier alpha value is -9.13. The van der Waals surface area contributed by atoms with Gasteiger partial charge in [0.05, 0.1) is 185 Å². The largest absolute Gasteiger partial charge is 0.394 e. The fraction of sp³-hybridized carbons (Fsp3) is 0.671. The van der Waals surface area contributed by atoms with Crippen LogP contribution in [0, 0.1) is 205 Å². The summed E-state index contributed by atoms with van der Waals surface area (Å²) in [6.45, 7) is 22.6. The molecule has 0 aliphatic carbocycles. The third-order valence-corrected chi connectivity index (χ3v) is 15.9. The summed E-state index contributed by atoms with van der Waals surface area (Å²) in [5.41, 5.74) is 0. The summed E-state index contributed by atoms with van der Waals surface area (Å²) in [5, 5.41) is 94.4. The van der Waals surface area contributed by atoms with Crippen molar-refractivity contribution in [2.24, 2.45) is 5.92 Å². The summed E-state index contributed by atoms with van der Waals surface area (Å²) < 4.78 is 50.8. The highest BCUT2D eigenvalue weighted by Crippen LogP contribution is 2.30. The lowest BCUT2D eigenvalue weighted by atomic mass is 10.1. The zero-order valence-corrected chi connectivity index (χ0v) is 57.6. The SMILES string of the molecule is C#CC(C#N)N1CCCN(C(C#N)C#N)C1.C#CCCN1CCCN(CCC#N)C1.C#CCN1CC(C(F)(F)F)CN(CC#N)C1.C#CCN1CC(F)CN(CC#N)C1.C#CCN1CCCN(CC#N)C1.C#CCN1CN(CC#N)CN(CC#N)C1.N#CCCN1CCN(CCC#N)CC1. The molecule has 0 amide bonds. The molecule has 3 unspecified atom stereocenters. The molecule has 0 aromatic rings. The Morgan fingerprint density at radius 3 is 1.01 bits per heavy atom. The number of alkyl halides is 4. The second-order valence-corrected chi connectivity index (χ2v) is 23.9. The van der Waals surface area contributed by atoms with Gasteiger partial charge < -0.3 is 0 Å². The predicted molar refractivity (Wildman–Crippen MR) is 367 cm³/mol. The first-order chi connectivity index (χ1) is 48.4. The molecule has 0 N–H and O–H groups in total. The smallest absolute Gasteiger partial charge is 0.300 e. The lowest BCUT2D eigenvalue weighted by molar-refractivity contribution is -0.194. The maximum absolute atomic E-state index is 13.1. The van der Waals surface area contributed by atoms with Crippen molar-refractivity contribution in [2.75, 3.05) is 230 Å². The first-order valence-electron chi connectivity index (χ1n) is 32.8. The normalized spacial score (nSPS) is 20.6. The van der Waals surface area contributed by atoms with Gasteiger partial charge in [-0.2, -0.15) is 71.1 Å². The summed E-state index contributed by atoms with van der Waals surface area (Å²) in [6.07, 6.45) is 31.8. The van der Waals surface area contributed by atoms with Crippen molar-refractivity contribution in [3.63, 3.8) is 0 Å².